The minimum atomic E-state index is -0.264. The van der Waals surface area contributed by atoms with E-state index in [9.17, 15) is 9.18 Å². The van der Waals surface area contributed by atoms with Crippen LogP contribution in [0.5, 0.6) is 0 Å². The van der Waals surface area contributed by atoms with Crippen LogP contribution in [0.3, 0.4) is 0 Å². The summed E-state index contributed by atoms with van der Waals surface area (Å²) >= 11 is 7.22. The molecule has 1 aliphatic heterocycles. The molecule has 134 valence electrons. The highest BCUT2D eigenvalue weighted by atomic mass is 35.5. The van der Waals surface area contributed by atoms with Gasteiger partial charge in [-0.25, -0.2) is 14.4 Å². The highest BCUT2D eigenvalue weighted by Gasteiger charge is 2.27. The van der Waals surface area contributed by atoms with Crippen molar-refractivity contribution < 1.29 is 9.18 Å². The number of anilines is 2. The van der Waals surface area contributed by atoms with E-state index in [2.05, 4.69) is 20.2 Å². The van der Waals surface area contributed by atoms with Crippen molar-refractivity contribution in [2.75, 3.05) is 23.3 Å². The Balaban J connectivity index is 1.47. The first-order valence-corrected chi connectivity index (χ1v) is 9.51. The molecular weight excluding hydrogens is 375 g/mol. The number of nitrogens with one attached hydrogen (secondary N) is 1. The number of hydrogen-bond acceptors (Lipinski definition) is 5. The molecule has 0 radical (unpaired) electrons. The van der Waals surface area contributed by atoms with Gasteiger partial charge in [0, 0.05) is 13.1 Å². The topological polar surface area (TPSA) is 58.1 Å². The molecule has 1 unspecified atom stereocenters. The number of benzene rings is 1. The molecule has 5 nitrogen and oxygen atoms in total. The monoisotopic (exact) mass is 390 g/mol. The van der Waals surface area contributed by atoms with Crippen molar-refractivity contribution in [3.8, 4) is 0 Å². The number of nitrogens with zero attached hydrogens (tertiary/aromatic N) is 3. The Morgan fingerprint density at radius 2 is 2.23 bits per heavy atom. The van der Waals surface area contributed by atoms with Crippen molar-refractivity contribution in [2.45, 2.75) is 12.8 Å². The van der Waals surface area contributed by atoms with Crippen molar-refractivity contribution in [2.24, 2.45) is 5.92 Å². The number of piperidine rings is 1. The van der Waals surface area contributed by atoms with Crippen molar-refractivity contribution >= 4 is 49.9 Å². The van der Waals surface area contributed by atoms with Gasteiger partial charge < -0.3 is 10.2 Å². The summed E-state index contributed by atoms with van der Waals surface area (Å²) in [4.78, 5) is 23.2. The lowest BCUT2D eigenvalue weighted by Gasteiger charge is -2.31. The molecule has 0 spiro atoms. The standard InChI is InChI=1S/C18H16ClFN4OS/c19-16-6-4-13(9-21-16)22-17(25)11-2-1-7-24(10-11)18-23-14-5-3-12(20)8-15(14)26-18/h3-6,8-9,11H,1-2,7,10H2,(H,22,25). The van der Waals surface area contributed by atoms with Crippen LogP contribution in [0, 0.1) is 11.7 Å². The molecule has 1 N–H and O–H groups in total. The van der Waals surface area contributed by atoms with Crippen molar-refractivity contribution in [3.63, 3.8) is 0 Å². The van der Waals surface area contributed by atoms with Crippen LogP contribution in [0.15, 0.2) is 36.5 Å². The third-order valence-corrected chi connectivity index (χ3v) is 5.70. The number of rotatable bonds is 3. The Morgan fingerprint density at radius 3 is 3.04 bits per heavy atom. The van der Waals surface area contributed by atoms with E-state index in [0.29, 0.717) is 17.4 Å². The first kappa shape index (κ1) is 17.2. The maximum Gasteiger partial charge on any atom is 0.229 e. The molecule has 4 rings (SSSR count). The van der Waals surface area contributed by atoms with Crippen LogP contribution in [0.1, 0.15) is 12.8 Å². The molecule has 3 aromatic rings. The molecule has 0 aliphatic carbocycles. The second kappa shape index (κ2) is 7.17. The van der Waals surface area contributed by atoms with Crippen LogP contribution in [-0.2, 0) is 4.79 Å². The Kier molecular flexibility index (Phi) is 4.74. The third kappa shape index (κ3) is 3.64. The SMILES string of the molecule is O=C(Nc1ccc(Cl)nc1)C1CCCN(c2nc3ccc(F)cc3s2)C1. The Labute approximate surface area is 158 Å². The second-order valence-corrected chi connectivity index (χ2v) is 7.65. The molecular formula is C18H16ClFN4OS. The molecule has 0 bridgehead atoms. The summed E-state index contributed by atoms with van der Waals surface area (Å²) < 4.78 is 14.2. The number of thiazole rings is 1. The van der Waals surface area contributed by atoms with Gasteiger partial charge in [-0.2, -0.15) is 0 Å². The summed E-state index contributed by atoms with van der Waals surface area (Å²) in [6.45, 7) is 1.43. The number of carbonyl (C=O) groups is 1. The first-order valence-electron chi connectivity index (χ1n) is 8.32. The van der Waals surface area contributed by atoms with Crippen LogP contribution < -0.4 is 10.2 Å². The quantitative estimate of drug-likeness (QED) is 0.676. The van der Waals surface area contributed by atoms with E-state index in [1.54, 1.807) is 24.4 Å². The van der Waals surface area contributed by atoms with E-state index in [4.69, 9.17) is 11.6 Å². The third-order valence-electron chi connectivity index (χ3n) is 4.40. The molecule has 1 aliphatic rings. The lowest BCUT2D eigenvalue weighted by molar-refractivity contribution is -0.120. The first-order chi connectivity index (χ1) is 12.6. The van der Waals surface area contributed by atoms with Gasteiger partial charge in [-0.3, -0.25) is 4.79 Å². The predicted octanol–water partition coefficient (Wildman–Crippen LogP) is 4.34. The number of pyridine rings is 1. The second-order valence-electron chi connectivity index (χ2n) is 6.25. The fourth-order valence-electron chi connectivity index (χ4n) is 3.08. The normalized spacial score (nSPS) is 17.5. The fraction of sp³-hybridized carbons (Fsp3) is 0.278. The number of halogens is 2. The lowest BCUT2D eigenvalue weighted by atomic mass is 9.97. The van der Waals surface area contributed by atoms with Crippen LogP contribution in [0.4, 0.5) is 15.2 Å². The number of aromatic nitrogens is 2. The van der Waals surface area contributed by atoms with Gasteiger partial charge in [-0.1, -0.05) is 22.9 Å². The number of amides is 1. The Hall–Kier alpha value is -2.25. The maximum atomic E-state index is 13.4. The Bertz CT molecular complexity index is 946. The minimum Gasteiger partial charge on any atom is -0.347 e. The van der Waals surface area contributed by atoms with E-state index < -0.39 is 0 Å². The summed E-state index contributed by atoms with van der Waals surface area (Å²) in [5.41, 5.74) is 1.41. The summed E-state index contributed by atoms with van der Waals surface area (Å²) in [5, 5.41) is 4.11. The Morgan fingerprint density at radius 1 is 1.35 bits per heavy atom. The van der Waals surface area contributed by atoms with Crippen LogP contribution >= 0.6 is 22.9 Å². The summed E-state index contributed by atoms with van der Waals surface area (Å²) in [6.07, 6.45) is 3.27. The van der Waals surface area contributed by atoms with Gasteiger partial charge in [0.15, 0.2) is 5.13 Å². The highest BCUT2D eigenvalue weighted by Crippen LogP contribution is 2.32. The van der Waals surface area contributed by atoms with E-state index >= 15 is 0 Å². The molecule has 1 fully saturated rings. The molecule has 1 aromatic carbocycles. The zero-order valence-corrected chi connectivity index (χ0v) is 15.4. The van der Waals surface area contributed by atoms with E-state index in [1.165, 1.54) is 23.5 Å². The molecule has 3 heterocycles. The van der Waals surface area contributed by atoms with Crippen molar-refractivity contribution in [3.05, 3.63) is 47.5 Å². The van der Waals surface area contributed by atoms with Gasteiger partial charge in [0.1, 0.15) is 11.0 Å². The molecule has 1 atom stereocenters. The van der Waals surface area contributed by atoms with E-state index in [1.807, 2.05) is 0 Å². The predicted molar refractivity (Wildman–Crippen MR) is 102 cm³/mol. The average Bonchev–Trinajstić information content (AvgIpc) is 3.07. The smallest absolute Gasteiger partial charge is 0.229 e. The van der Waals surface area contributed by atoms with Crippen LogP contribution in [0.2, 0.25) is 5.15 Å². The van der Waals surface area contributed by atoms with Crippen molar-refractivity contribution in [1.29, 1.82) is 0 Å². The summed E-state index contributed by atoms with van der Waals surface area (Å²) in [6, 6.07) is 7.98. The molecule has 2 aromatic heterocycles. The molecule has 0 saturated carbocycles. The lowest BCUT2D eigenvalue weighted by Crippen LogP contribution is -2.40. The molecule has 1 amide bonds. The molecule has 1 saturated heterocycles. The zero-order chi connectivity index (χ0) is 18.1. The summed E-state index contributed by atoms with van der Waals surface area (Å²) in [7, 11) is 0. The minimum absolute atomic E-state index is 0.0361. The maximum absolute atomic E-state index is 13.4. The van der Waals surface area contributed by atoms with Crippen LogP contribution in [-0.4, -0.2) is 29.0 Å². The van der Waals surface area contributed by atoms with Gasteiger partial charge in [-0.05, 0) is 43.2 Å². The van der Waals surface area contributed by atoms with Crippen LogP contribution in [0.25, 0.3) is 10.2 Å². The fourth-order valence-corrected chi connectivity index (χ4v) is 4.22. The van der Waals surface area contributed by atoms with Gasteiger partial charge in [0.05, 0.1) is 28.0 Å². The van der Waals surface area contributed by atoms with Gasteiger partial charge in [0.2, 0.25) is 5.91 Å². The zero-order valence-electron chi connectivity index (χ0n) is 13.8. The van der Waals surface area contributed by atoms with E-state index in [0.717, 1.165) is 34.7 Å². The number of fused-ring (bicyclic) bond motifs is 1. The highest BCUT2D eigenvalue weighted by molar-refractivity contribution is 7.22. The largest absolute Gasteiger partial charge is 0.347 e. The van der Waals surface area contributed by atoms with E-state index in [-0.39, 0.29) is 17.6 Å². The van der Waals surface area contributed by atoms with Crippen molar-refractivity contribution in [1.82, 2.24) is 9.97 Å². The summed E-state index contributed by atoms with van der Waals surface area (Å²) in [5.74, 6) is -0.436. The number of hydrogen-bond donors (Lipinski definition) is 1. The van der Waals surface area contributed by atoms with Gasteiger partial charge in [-0.15, -0.1) is 0 Å². The molecule has 26 heavy (non-hydrogen) atoms. The van der Waals surface area contributed by atoms with Gasteiger partial charge in [0.25, 0.3) is 0 Å². The van der Waals surface area contributed by atoms with Gasteiger partial charge >= 0.3 is 0 Å². The molecule has 8 heteroatoms. The number of carbonyl (C=O) groups excluding carboxylic acids is 1. The average molecular weight is 391 g/mol.